The summed E-state index contributed by atoms with van der Waals surface area (Å²) in [5, 5.41) is 10.6. The molecule has 0 aromatic carbocycles. The van der Waals surface area contributed by atoms with Gasteiger partial charge >= 0.3 is 16.4 Å². The minimum Gasteiger partial charge on any atom is -0.458 e. The van der Waals surface area contributed by atoms with Crippen molar-refractivity contribution in [2.45, 2.75) is 84.3 Å². The standard InChI is InChI=1S/C29H42O9S/c1-16-11-25(37-27(32)21(16)15-36-4)20(14-30)23-8-7-22-19-6-5-17-12-18(38-39(33,34)35)13-26(31)29(17,3)24(19)9-10-28(22,23)2/h5,18-20,22-25,30H,6-15H2,1-4H3,(H,33,34,35)/t18-,19+,20+,22+,23-,24+,25-,28+,29+/m1/s1. The zero-order valence-electron chi connectivity index (χ0n) is 23.4. The number of rotatable bonds is 7. The molecule has 5 rings (SSSR count). The van der Waals surface area contributed by atoms with Crippen molar-refractivity contribution in [1.82, 2.24) is 0 Å². The molecule has 0 radical (unpaired) electrons. The van der Waals surface area contributed by atoms with E-state index in [1.165, 1.54) is 0 Å². The van der Waals surface area contributed by atoms with Gasteiger partial charge in [-0.1, -0.05) is 24.1 Å². The molecule has 1 heterocycles. The fourth-order valence-corrected chi connectivity index (χ4v) is 9.86. The van der Waals surface area contributed by atoms with E-state index < -0.39 is 21.9 Å². The number of esters is 1. The van der Waals surface area contributed by atoms with Crippen LogP contribution in [0.4, 0.5) is 0 Å². The molecule has 0 unspecified atom stereocenters. The Balaban J connectivity index is 1.37. The van der Waals surface area contributed by atoms with Gasteiger partial charge in [-0.05, 0) is 81.5 Å². The fraction of sp³-hybridized carbons (Fsp3) is 0.793. The van der Waals surface area contributed by atoms with Crippen LogP contribution in [0.1, 0.15) is 72.1 Å². The Labute approximate surface area is 231 Å². The Morgan fingerprint density at radius 2 is 1.87 bits per heavy atom. The van der Waals surface area contributed by atoms with Gasteiger partial charge in [-0.15, -0.1) is 0 Å². The monoisotopic (exact) mass is 566 g/mol. The smallest absolute Gasteiger partial charge is 0.397 e. The lowest BCUT2D eigenvalue weighted by atomic mass is 9.46. The summed E-state index contributed by atoms with van der Waals surface area (Å²) < 4.78 is 47.6. The summed E-state index contributed by atoms with van der Waals surface area (Å²) in [6, 6.07) is 0. The van der Waals surface area contributed by atoms with Gasteiger partial charge in [0.05, 0.1) is 23.7 Å². The van der Waals surface area contributed by atoms with Crippen LogP contribution in [-0.2, 0) is 33.6 Å². The van der Waals surface area contributed by atoms with Crippen molar-refractivity contribution < 1.29 is 41.3 Å². The molecule has 0 spiro atoms. The molecule has 3 fully saturated rings. The fourth-order valence-electron chi connectivity index (χ4n) is 9.38. The second-order valence-electron chi connectivity index (χ2n) is 12.9. The Morgan fingerprint density at radius 3 is 2.51 bits per heavy atom. The quantitative estimate of drug-likeness (QED) is 0.268. The number of carbonyl (C=O) groups excluding carboxylic acids is 2. The van der Waals surface area contributed by atoms with Crippen molar-refractivity contribution in [2.24, 2.45) is 40.4 Å². The van der Waals surface area contributed by atoms with Crippen LogP contribution in [0.3, 0.4) is 0 Å². The van der Waals surface area contributed by atoms with E-state index in [1.807, 2.05) is 13.8 Å². The van der Waals surface area contributed by atoms with E-state index in [-0.39, 0.29) is 60.7 Å². The predicted molar refractivity (Wildman–Crippen MR) is 142 cm³/mol. The number of allylic oxidation sites excluding steroid dienone is 1. The van der Waals surface area contributed by atoms with E-state index in [0.29, 0.717) is 30.3 Å². The van der Waals surface area contributed by atoms with Crippen molar-refractivity contribution in [3.05, 3.63) is 22.8 Å². The van der Waals surface area contributed by atoms with Crippen LogP contribution < -0.4 is 0 Å². The first-order valence-corrected chi connectivity index (χ1v) is 15.6. The molecule has 5 aliphatic rings. The van der Waals surface area contributed by atoms with Gasteiger partial charge in [0.15, 0.2) is 0 Å². The topological polar surface area (TPSA) is 136 Å². The van der Waals surface area contributed by atoms with Gasteiger partial charge < -0.3 is 14.6 Å². The molecule has 4 aliphatic carbocycles. The van der Waals surface area contributed by atoms with Gasteiger partial charge in [0.2, 0.25) is 0 Å². The van der Waals surface area contributed by atoms with E-state index in [1.54, 1.807) is 7.11 Å². The number of hydrogen-bond donors (Lipinski definition) is 2. The van der Waals surface area contributed by atoms with E-state index in [4.69, 9.17) is 18.2 Å². The van der Waals surface area contributed by atoms with Gasteiger partial charge in [0.25, 0.3) is 0 Å². The first kappa shape index (κ1) is 28.9. The minimum atomic E-state index is -4.63. The number of cyclic esters (lactones) is 1. The largest absolute Gasteiger partial charge is 0.458 e. The number of methoxy groups -OCH3 is 1. The van der Waals surface area contributed by atoms with E-state index in [2.05, 4.69) is 13.0 Å². The summed E-state index contributed by atoms with van der Waals surface area (Å²) in [6.45, 7) is 6.48. The number of hydrogen-bond acceptors (Lipinski definition) is 8. The third kappa shape index (κ3) is 4.84. The van der Waals surface area contributed by atoms with Crippen LogP contribution in [0.25, 0.3) is 0 Å². The molecule has 0 amide bonds. The summed E-state index contributed by atoms with van der Waals surface area (Å²) in [6.07, 6.45) is 6.36. The third-order valence-electron chi connectivity index (χ3n) is 11.3. The van der Waals surface area contributed by atoms with E-state index >= 15 is 0 Å². The molecule has 9 atom stereocenters. The Hall–Kier alpha value is -1.59. The number of aliphatic hydroxyl groups excluding tert-OH is 1. The highest BCUT2D eigenvalue weighted by molar-refractivity contribution is 7.80. The lowest BCUT2D eigenvalue weighted by molar-refractivity contribution is -0.155. The lowest BCUT2D eigenvalue weighted by Gasteiger charge is -2.57. The van der Waals surface area contributed by atoms with Gasteiger partial charge in [0, 0.05) is 32.5 Å². The highest BCUT2D eigenvalue weighted by Gasteiger charge is 2.62. The average molecular weight is 567 g/mol. The summed E-state index contributed by atoms with van der Waals surface area (Å²) in [5.74, 6) is 0.541. The maximum Gasteiger partial charge on any atom is 0.397 e. The van der Waals surface area contributed by atoms with Crippen molar-refractivity contribution >= 4 is 22.2 Å². The SMILES string of the molecule is COCC1=C(C)C[C@H]([C@@H](CO)[C@H]2CC[C@H]3[C@@H]4CC=C5C[C@@H](OS(=O)(=O)O)CC(=O)[C@]5(C)[C@H]4CC[C@]23C)OC1=O. The molecule has 0 saturated heterocycles. The summed E-state index contributed by atoms with van der Waals surface area (Å²) in [4.78, 5) is 26.3. The van der Waals surface area contributed by atoms with Crippen molar-refractivity contribution in [3.8, 4) is 0 Å². The third-order valence-corrected chi connectivity index (χ3v) is 11.8. The number of ether oxygens (including phenoxy) is 2. The first-order valence-electron chi connectivity index (χ1n) is 14.2. The molecular formula is C29H42O9S. The number of aliphatic hydroxyl groups is 1. The second kappa shape index (κ2) is 10.4. The Bertz CT molecular complexity index is 1190. The zero-order valence-corrected chi connectivity index (χ0v) is 24.2. The minimum absolute atomic E-state index is 0.0158. The van der Waals surface area contributed by atoms with Crippen LogP contribution in [-0.4, -0.2) is 62.4 Å². The summed E-state index contributed by atoms with van der Waals surface area (Å²) in [7, 11) is -3.07. The van der Waals surface area contributed by atoms with Crippen molar-refractivity contribution in [2.75, 3.05) is 20.3 Å². The summed E-state index contributed by atoms with van der Waals surface area (Å²) >= 11 is 0. The predicted octanol–water partition coefficient (Wildman–Crippen LogP) is 3.82. The zero-order chi connectivity index (χ0) is 28.3. The first-order chi connectivity index (χ1) is 18.3. The van der Waals surface area contributed by atoms with Gasteiger partial charge in [-0.2, -0.15) is 8.42 Å². The molecular weight excluding hydrogens is 524 g/mol. The molecule has 0 aromatic rings. The number of Topliss-reactive ketones (excluding diaryl/α,β-unsaturated/α-hetero) is 1. The average Bonchev–Trinajstić information content (AvgIpc) is 3.19. The number of ketones is 1. The molecule has 218 valence electrons. The highest BCUT2D eigenvalue weighted by atomic mass is 32.3. The summed E-state index contributed by atoms with van der Waals surface area (Å²) in [5.41, 5.74) is 1.77. The molecule has 3 saturated carbocycles. The van der Waals surface area contributed by atoms with Crippen molar-refractivity contribution in [3.63, 3.8) is 0 Å². The molecule has 39 heavy (non-hydrogen) atoms. The normalized spacial score (nSPS) is 41.3. The molecule has 2 N–H and O–H groups in total. The van der Waals surface area contributed by atoms with E-state index in [0.717, 1.165) is 43.3 Å². The molecule has 0 bridgehead atoms. The Morgan fingerprint density at radius 1 is 1.13 bits per heavy atom. The van der Waals surface area contributed by atoms with Crippen LogP contribution in [0.15, 0.2) is 22.8 Å². The van der Waals surface area contributed by atoms with Crippen LogP contribution in [0.5, 0.6) is 0 Å². The maximum atomic E-state index is 13.5. The van der Waals surface area contributed by atoms with Crippen LogP contribution in [0, 0.1) is 40.4 Å². The molecule has 0 aromatic heterocycles. The van der Waals surface area contributed by atoms with Gasteiger partial charge in [-0.3, -0.25) is 9.35 Å². The second-order valence-corrected chi connectivity index (χ2v) is 14.0. The number of fused-ring (bicyclic) bond motifs is 5. The molecule has 1 aliphatic heterocycles. The Kier molecular flexibility index (Phi) is 7.68. The number of carbonyl (C=O) groups is 2. The van der Waals surface area contributed by atoms with Gasteiger partial charge in [-0.25, -0.2) is 8.98 Å². The van der Waals surface area contributed by atoms with Crippen molar-refractivity contribution in [1.29, 1.82) is 0 Å². The maximum absolute atomic E-state index is 13.5. The van der Waals surface area contributed by atoms with Crippen LogP contribution in [0.2, 0.25) is 0 Å². The highest BCUT2D eigenvalue weighted by Crippen LogP contribution is 2.67. The lowest BCUT2D eigenvalue weighted by Crippen LogP contribution is -2.55. The molecule has 10 heteroatoms. The van der Waals surface area contributed by atoms with E-state index in [9.17, 15) is 23.1 Å². The molecule has 9 nitrogen and oxygen atoms in total. The van der Waals surface area contributed by atoms with Crippen LogP contribution >= 0.6 is 0 Å². The van der Waals surface area contributed by atoms with Gasteiger partial charge in [0.1, 0.15) is 11.9 Å².